The second kappa shape index (κ2) is 9.27. The average molecular weight is 402 g/mol. The third-order valence-electron chi connectivity index (χ3n) is 2.45. The molecule has 2 N–H and O–H groups in total. The Morgan fingerprint density at radius 1 is 1.33 bits per heavy atom. The lowest BCUT2D eigenvalue weighted by molar-refractivity contribution is 0.371. The van der Waals surface area contributed by atoms with Crippen molar-refractivity contribution >= 4 is 29.9 Å². The lowest BCUT2D eigenvalue weighted by Gasteiger charge is -2.09. The zero-order valence-corrected chi connectivity index (χ0v) is 14.4. The molecule has 0 amide bonds. The quantitative estimate of drug-likeness (QED) is 0.449. The number of nitrogens with one attached hydrogen (secondary N) is 2. The van der Waals surface area contributed by atoms with Crippen LogP contribution in [0.15, 0.2) is 33.9 Å². The number of hydrogen-bond donors (Lipinski definition) is 2. The molecule has 0 radical (unpaired) electrons. The first-order chi connectivity index (χ1) is 9.78. The van der Waals surface area contributed by atoms with Gasteiger partial charge >= 0.3 is 0 Å². The van der Waals surface area contributed by atoms with Crippen molar-refractivity contribution in [2.24, 2.45) is 4.99 Å². The fourth-order valence-electron chi connectivity index (χ4n) is 1.56. The number of nitrogens with zero attached hydrogens (tertiary/aromatic N) is 4. The summed E-state index contributed by atoms with van der Waals surface area (Å²) in [6, 6.07) is 5.77. The van der Waals surface area contributed by atoms with Crippen LogP contribution < -0.4 is 10.6 Å². The highest BCUT2D eigenvalue weighted by molar-refractivity contribution is 14.0. The van der Waals surface area contributed by atoms with E-state index in [-0.39, 0.29) is 24.0 Å². The average Bonchev–Trinajstić information content (AvgIpc) is 2.89. The number of rotatable bonds is 5. The van der Waals surface area contributed by atoms with Gasteiger partial charge in [-0.1, -0.05) is 11.2 Å². The Morgan fingerprint density at radius 3 is 2.81 bits per heavy atom. The fraction of sp³-hybridized carbons (Fsp3) is 0.385. The number of hydrogen-bond acceptors (Lipinski definition) is 5. The van der Waals surface area contributed by atoms with E-state index < -0.39 is 0 Å². The van der Waals surface area contributed by atoms with Crippen LogP contribution in [-0.4, -0.2) is 27.6 Å². The van der Waals surface area contributed by atoms with Crippen LogP contribution in [0, 0.1) is 6.92 Å². The van der Waals surface area contributed by atoms with Gasteiger partial charge in [0.1, 0.15) is 0 Å². The van der Waals surface area contributed by atoms with E-state index in [0.29, 0.717) is 30.8 Å². The van der Waals surface area contributed by atoms with E-state index in [1.54, 1.807) is 13.1 Å². The predicted molar refractivity (Wildman–Crippen MR) is 90.3 cm³/mol. The minimum Gasteiger partial charge on any atom is -0.357 e. The van der Waals surface area contributed by atoms with Gasteiger partial charge in [0, 0.05) is 12.7 Å². The Kier molecular flexibility index (Phi) is 7.65. The molecule has 2 rings (SSSR count). The van der Waals surface area contributed by atoms with Gasteiger partial charge in [-0.15, -0.1) is 24.0 Å². The van der Waals surface area contributed by atoms with E-state index in [9.17, 15) is 0 Å². The Balaban J connectivity index is 0.00000220. The standard InChI is InChI=1S/C13H18N6O.HI/c1-3-14-13(16-8-11-6-4-5-7-15-11)17-9-12-18-10(2)19-20-12;/h4-7H,3,8-9H2,1-2H3,(H2,14,16,17);1H. The molecule has 114 valence electrons. The molecule has 2 aromatic rings. The van der Waals surface area contributed by atoms with Crippen LogP contribution in [0.25, 0.3) is 0 Å². The lowest BCUT2D eigenvalue weighted by atomic mass is 10.3. The van der Waals surface area contributed by atoms with E-state index >= 15 is 0 Å². The molecule has 2 heterocycles. The Labute approximate surface area is 140 Å². The molecular formula is C13H19IN6O. The molecule has 0 fully saturated rings. The van der Waals surface area contributed by atoms with Crippen LogP contribution in [-0.2, 0) is 13.1 Å². The Morgan fingerprint density at radius 2 is 2.19 bits per heavy atom. The molecule has 0 bridgehead atoms. The number of aliphatic imine (C=N–C) groups is 1. The number of aryl methyl sites for hydroxylation is 1. The Hall–Kier alpha value is -1.71. The summed E-state index contributed by atoms with van der Waals surface area (Å²) in [7, 11) is 0. The smallest absolute Gasteiger partial charge is 0.246 e. The normalized spacial score (nSPS) is 10.9. The van der Waals surface area contributed by atoms with Crippen LogP contribution in [0.4, 0.5) is 0 Å². The van der Waals surface area contributed by atoms with Crippen molar-refractivity contribution in [3.05, 3.63) is 41.8 Å². The topological polar surface area (TPSA) is 88.2 Å². The first-order valence-corrected chi connectivity index (χ1v) is 6.49. The maximum absolute atomic E-state index is 5.04. The molecule has 0 aliphatic heterocycles. The van der Waals surface area contributed by atoms with Gasteiger partial charge in [-0.3, -0.25) is 4.98 Å². The van der Waals surface area contributed by atoms with Crippen molar-refractivity contribution < 1.29 is 4.52 Å². The molecule has 8 heteroatoms. The van der Waals surface area contributed by atoms with Gasteiger partial charge in [-0.2, -0.15) is 4.98 Å². The second-order valence-corrected chi connectivity index (χ2v) is 4.11. The molecule has 0 aromatic carbocycles. The predicted octanol–water partition coefficient (Wildman–Crippen LogP) is 1.65. The van der Waals surface area contributed by atoms with Crippen molar-refractivity contribution in [1.29, 1.82) is 0 Å². The summed E-state index contributed by atoms with van der Waals surface area (Å²) in [5, 5.41) is 10.0. The summed E-state index contributed by atoms with van der Waals surface area (Å²) in [6.45, 7) is 5.52. The van der Waals surface area contributed by atoms with Crippen LogP contribution in [0.5, 0.6) is 0 Å². The summed E-state index contributed by atoms with van der Waals surface area (Å²) >= 11 is 0. The first kappa shape index (κ1) is 17.3. The molecule has 0 aliphatic carbocycles. The molecule has 0 saturated carbocycles. The molecule has 0 saturated heterocycles. The summed E-state index contributed by atoms with van der Waals surface area (Å²) in [4.78, 5) is 12.8. The zero-order valence-electron chi connectivity index (χ0n) is 12.0. The molecule has 0 spiro atoms. The van der Waals surface area contributed by atoms with E-state index in [2.05, 4.69) is 30.8 Å². The highest BCUT2D eigenvalue weighted by atomic mass is 127. The number of halogens is 1. The van der Waals surface area contributed by atoms with Gasteiger partial charge in [0.2, 0.25) is 5.89 Å². The largest absolute Gasteiger partial charge is 0.357 e. The summed E-state index contributed by atoms with van der Waals surface area (Å²) < 4.78 is 5.04. The van der Waals surface area contributed by atoms with Crippen molar-refractivity contribution in [3.63, 3.8) is 0 Å². The summed E-state index contributed by atoms with van der Waals surface area (Å²) in [6.07, 6.45) is 1.76. The monoisotopic (exact) mass is 402 g/mol. The first-order valence-electron chi connectivity index (χ1n) is 6.49. The highest BCUT2D eigenvalue weighted by Gasteiger charge is 2.04. The fourth-order valence-corrected chi connectivity index (χ4v) is 1.56. The molecule has 2 aromatic heterocycles. The maximum Gasteiger partial charge on any atom is 0.246 e. The third-order valence-corrected chi connectivity index (χ3v) is 2.45. The van der Waals surface area contributed by atoms with Crippen LogP contribution >= 0.6 is 24.0 Å². The molecule has 0 aliphatic rings. The van der Waals surface area contributed by atoms with Crippen molar-refractivity contribution in [2.45, 2.75) is 26.9 Å². The van der Waals surface area contributed by atoms with Gasteiger partial charge < -0.3 is 15.2 Å². The minimum absolute atomic E-state index is 0. The van der Waals surface area contributed by atoms with E-state index in [4.69, 9.17) is 4.52 Å². The number of aromatic nitrogens is 3. The lowest BCUT2D eigenvalue weighted by Crippen LogP contribution is -2.36. The maximum atomic E-state index is 5.04. The van der Waals surface area contributed by atoms with Crippen molar-refractivity contribution in [1.82, 2.24) is 25.8 Å². The van der Waals surface area contributed by atoms with E-state index in [1.807, 2.05) is 25.1 Å². The molecule has 7 nitrogen and oxygen atoms in total. The van der Waals surface area contributed by atoms with Crippen LogP contribution in [0.3, 0.4) is 0 Å². The minimum atomic E-state index is 0. The van der Waals surface area contributed by atoms with Gasteiger partial charge in [0.05, 0.1) is 18.8 Å². The van der Waals surface area contributed by atoms with Gasteiger partial charge in [-0.25, -0.2) is 4.99 Å². The summed E-state index contributed by atoms with van der Waals surface area (Å²) in [5.41, 5.74) is 0.915. The molecule has 21 heavy (non-hydrogen) atoms. The Bertz CT molecular complexity index is 557. The van der Waals surface area contributed by atoms with Crippen molar-refractivity contribution in [3.8, 4) is 0 Å². The van der Waals surface area contributed by atoms with Crippen LogP contribution in [0.1, 0.15) is 24.3 Å². The highest BCUT2D eigenvalue weighted by Crippen LogP contribution is 1.97. The van der Waals surface area contributed by atoms with Crippen molar-refractivity contribution in [2.75, 3.05) is 6.54 Å². The van der Waals surface area contributed by atoms with Gasteiger partial charge in [0.15, 0.2) is 11.8 Å². The molecular weight excluding hydrogens is 383 g/mol. The SMILES string of the molecule is CCNC(=NCc1ccccn1)NCc1nc(C)no1.I. The number of guanidine groups is 1. The third kappa shape index (κ3) is 6.06. The van der Waals surface area contributed by atoms with E-state index in [1.165, 1.54) is 0 Å². The van der Waals surface area contributed by atoms with Crippen LogP contribution in [0.2, 0.25) is 0 Å². The number of pyridine rings is 1. The molecule has 0 unspecified atom stereocenters. The summed E-state index contributed by atoms with van der Waals surface area (Å²) in [5.74, 6) is 1.84. The molecule has 0 atom stereocenters. The van der Waals surface area contributed by atoms with Gasteiger partial charge in [-0.05, 0) is 26.0 Å². The second-order valence-electron chi connectivity index (χ2n) is 4.11. The van der Waals surface area contributed by atoms with E-state index in [0.717, 1.165) is 12.2 Å². The van der Waals surface area contributed by atoms with Gasteiger partial charge in [0.25, 0.3) is 0 Å². The zero-order chi connectivity index (χ0) is 14.2.